The monoisotopic (exact) mass is 389 g/mol. The van der Waals surface area contributed by atoms with Gasteiger partial charge >= 0.3 is 6.03 Å². The molecule has 1 saturated heterocycles. The van der Waals surface area contributed by atoms with Crippen molar-refractivity contribution in [3.8, 4) is 5.75 Å². The van der Waals surface area contributed by atoms with Crippen LogP contribution in [0.5, 0.6) is 5.75 Å². The van der Waals surface area contributed by atoms with Crippen LogP contribution in [0, 0.1) is 5.92 Å². The van der Waals surface area contributed by atoms with Gasteiger partial charge in [0.15, 0.2) is 0 Å². The maximum atomic E-state index is 12.5. The lowest BCUT2D eigenvalue weighted by Gasteiger charge is -2.33. The summed E-state index contributed by atoms with van der Waals surface area (Å²) in [6, 6.07) is 4.47. The smallest absolute Gasteiger partial charge is 0.319 e. The summed E-state index contributed by atoms with van der Waals surface area (Å²) in [5.74, 6) is 0.439. The summed E-state index contributed by atoms with van der Waals surface area (Å²) in [6.45, 7) is 1.58. The molecule has 1 fully saturated rings. The summed E-state index contributed by atoms with van der Waals surface area (Å²) < 4.78 is 32.8. The Balaban J connectivity index is 1.96. The molecule has 1 N–H and O–H groups in total. The lowest BCUT2D eigenvalue weighted by molar-refractivity contribution is 0.148. The van der Waals surface area contributed by atoms with Gasteiger partial charge in [-0.2, -0.15) is 0 Å². The zero-order chi connectivity index (χ0) is 18.6. The molecular weight excluding hydrogens is 366 g/mol. The minimum atomic E-state index is -3.72. The summed E-state index contributed by atoms with van der Waals surface area (Å²) in [6.07, 6.45) is 1.52. The van der Waals surface area contributed by atoms with Crippen LogP contribution in [0.25, 0.3) is 0 Å². The predicted octanol–water partition coefficient (Wildman–Crippen LogP) is 2.02. The number of methoxy groups -OCH3 is 1. The zero-order valence-electron chi connectivity index (χ0n) is 14.7. The molecule has 0 aliphatic carbocycles. The van der Waals surface area contributed by atoms with Crippen LogP contribution in [0.2, 0.25) is 5.02 Å². The number of hydrogen-bond donors (Lipinski definition) is 1. The summed E-state index contributed by atoms with van der Waals surface area (Å²) in [5.41, 5.74) is 0. The van der Waals surface area contributed by atoms with E-state index in [1.807, 2.05) is 0 Å². The fourth-order valence-corrected chi connectivity index (χ4v) is 4.32. The van der Waals surface area contributed by atoms with Crippen molar-refractivity contribution in [2.45, 2.75) is 17.7 Å². The second-order valence-electron chi connectivity index (χ2n) is 6.25. The molecule has 1 aromatic carbocycles. The van der Waals surface area contributed by atoms with Gasteiger partial charge in [0, 0.05) is 38.8 Å². The van der Waals surface area contributed by atoms with Gasteiger partial charge in [0.1, 0.15) is 10.6 Å². The Hall–Kier alpha value is -1.51. The van der Waals surface area contributed by atoms with Crippen LogP contribution >= 0.6 is 11.6 Å². The molecule has 2 amide bonds. The number of sulfonamides is 1. The van der Waals surface area contributed by atoms with Crippen LogP contribution in [0.1, 0.15) is 12.8 Å². The summed E-state index contributed by atoms with van der Waals surface area (Å²) >= 11 is 5.91. The first-order chi connectivity index (χ1) is 11.7. The van der Waals surface area contributed by atoms with E-state index >= 15 is 0 Å². The van der Waals surface area contributed by atoms with Gasteiger partial charge in [-0.1, -0.05) is 11.6 Å². The molecule has 7 nitrogen and oxygen atoms in total. The van der Waals surface area contributed by atoms with Crippen molar-refractivity contribution >= 4 is 27.7 Å². The Morgan fingerprint density at radius 2 is 2.00 bits per heavy atom. The van der Waals surface area contributed by atoms with Crippen LogP contribution in [0.15, 0.2) is 23.1 Å². The lowest BCUT2D eigenvalue weighted by atomic mass is 9.97. The zero-order valence-corrected chi connectivity index (χ0v) is 16.2. The van der Waals surface area contributed by atoms with Crippen molar-refractivity contribution in [3.63, 3.8) is 0 Å². The number of benzene rings is 1. The maximum absolute atomic E-state index is 12.5. The second-order valence-corrected chi connectivity index (χ2v) is 8.43. The van der Waals surface area contributed by atoms with Crippen molar-refractivity contribution in [2.24, 2.45) is 5.92 Å². The van der Waals surface area contributed by atoms with Crippen molar-refractivity contribution in [1.29, 1.82) is 0 Å². The molecule has 0 bridgehead atoms. The number of halogens is 1. The minimum absolute atomic E-state index is 0.0114. The van der Waals surface area contributed by atoms with Crippen LogP contribution in [0.3, 0.4) is 0 Å². The van der Waals surface area contributed by atoms with Crippen molar-refractivity contribution in [2.75, 3.05) is 40.8 Å². The number of urea groups is 1. The molecule has 9 heteroatoms. The first kappa shape index (κ1) is 19.8. The highest BCUT2D eigenvalue weighted by Crippen LogP contribution is 2.27. The van der Waals surface area contributed by atoms with Gasteiger partial charge in [0.25, 0.3) is 0 Å². The molecule has 0 saturated carbocycles. The Morgan fingerprint density at radius 1 is 1.36 bits per heavy atom. The number of likely N-dealkylation sites (tertiary alicyclic amines) is 1. The highest BCUT2D eigenvalue weighted by atomic mass is 35.5. The van der Waals surface area contributed by atoms with Crippen LogP contribution in [0.4, 0.5) is 4.79 Å². The van der Waals surface area contributed by atoms with Crippen molar-refractivity contribution in [1.82, 2.24) is 14.5 Å². The number of carbonyl (C=O) groups is 1. The normalized spacial score (nSPS) is 15.9. The topological polar surface area (TPSA) is 79.0 Å². The number of carbonyl (C=O) groups excluding carboxylic acids is 1. The number of piperidine rings is 1. The van der Waals surface area contributed by atoms with Crippen LogP contribution in [-0.4, -0.2) is 65.1 Å². The fraction of sp³-hybridized carbons (Fsp3) is 0.562. The molecule has 2 rings (SSSR count). The number of nitrogens with zero attached hydrogens (tertiary/aromatic N) is 2. The summed E-state index contributed by atoms with van der Waals surface area (Å²) in [5, 5.41) is 0.330. The van der Waals surface area contributed by atoms with Gasteiger partial charge in [-0.3, -0.25) is 0 Å². The van der Waals surface area contributed by atoms with Gasteiger partial charge in [-0.15, -0.1) is 0 Å². The van der Waals surface area contributed by atoms with Crippen LogP contribution in [-0.2, 0) is 10.0 Å². The summed E-state index contributed by atoms with van der Waals surface area (Å²) in [7, 11) is 1.15. The van der Waals surface area contributed by atoms with Gasteiger partial charge in [-0.05, 0) is 37.0 Å². The highest BCUT2D eigenvalue weighted by molar-refractivity contribution is 7.89. The van der Waals surface area contributed by atoms with E-state index in [0.29, 0.717) is 24.7 Å². The largest absolute Gasteiger partial charge is 0.495 e. The Morgan fingerprint density at radius 3 is 2.56 bits per heavy atom. The minimum Gasteiger partial charge on any atom is -0.495 e. The lowest BCUT2D eigenvalue weighted by Crippen LogP contribution is -2.45. The number of ether oxygens (including phenoxy) is 1. The molecule has 1 aliphatic heterocycles. The van der Waals surface area contributed by atoms with Gasteiger partial charge in [0.05, 0.1) is 7.11 Å². The van der Waals surface area contributed by atoms with E-state index in [1.165, 1.54) is 19.2 Å². The Bertz CT molecular complexity index is 716. The van der Waals surface area contributed by atoms with Crippen molar-refractivity contribution < 1.29 is 17.9 Å². The second kappa shape index (κ2) is 8.25. The van der Waals surface area contributed by atoms with E-state index in [0.717, 1.165) is 12.8 Å². The molecule has 140 valence electrons. The van der Waals surface area contributed by atoms with Crippen LogP contribution < -0.4 is 9.46 Å². The maximum Gasteiger partial charge on any atom is 0.319 e. The molecule has 1 aromatic rings. The standard InChI is InChI=1S/C16H24ClN3O4S/c1-19(2)16(21)20-8-6-12(7-9-20)11-18-25(22,23)15-10-13(17)4-5-14(15)24-3/h4-5,10,12,18H,6-9,11H2,1-3H3. The third kappa shape index (κ3) is 4.99. The number of nitrogens with one attached hydrogen (secondary N) is 1. The van der Waals surface area contributed by atoms with Crippen molar-refractivity contribution in [3.05, 3.63) is 23.2 Å². The van der Waals surface area contributed by atoms with E-state index in [1.54, 1.807) is 30.0 Å². The Labute approximate surface area is 153 Å². The average Bonchev–Trinajstić information content (AvgIpc) is 2.59. The molecule has 0 unspecified atom stereocenters. The first-order valence-corrected chi connectivity index (χ1v) is 9.90. The third-order valence-electron chi connectivity index (χ3n) is 4.24. The van der Waals surface area contributed by atoms with Gasteiger partial charge in [-0.25, -0.2) is 17.9 Å². The highest BCUT2D eigenvalue weighted by Gasteiger charge is 2.26. The van der Waals surface area contributed by atoms with E-state index in [9.17, 15) is 13.2 Å². The van der Waals surface area contributed by atoms with E-state index < -0.39 is 10.0 Å². The Kier molecular flexibility index (Phi) is 6.53. The first-order valence-electron chi connectivity index (χ1n) is 8.04. The molecule has 0 radical (unpaired) electrons. The van der Waals surface area contributed by atoms with Gasteiger partial charge in [0.2, 0.25) is 10.0 Å². The molecule has 0 spiro atoms. The van der Waals surface area contributed by atoms with E-state index in [4.69, 9.17) is 16.3 Å². The average molecular weight is 390 g/mol. The number of rotatable bonds is 5. The van der Waals surface area contributed by atoms with E-state index in [-0.39, 0.29) is 22.6 Å². The van der Waals surface area contributed by atoms with E-state index in [2.05, 4.69) is 4.72 Å². The molecule has 25 heavy (non-hydrogen) atoms. The molecule has 1 heterocycles. The quantitative estimate of drug-likeness (QED) is 0.835. The fourth-order valence-electron chi connectivity index (χ4n) is 2.78. The number of hydrogen-bond acceptors (Lipinski definition) is 4. The predicted molar refractivity (Wildman–Crippen MR) is 96.6 cm³/mol. The molecule has 0 aromatic heterocycles. The number of amides is 2. The van der Waals surface area contributed by atoms with Gasteiger partial charge < -0.3 is 14.5 Å². The third-order valence-corrected chi connectivity index (χ3v) is 5.92. The summed E-state index contributed by atoms with van der Waals surface area (Å²) in [4.78, 5) is 15.3. The molecule has 1 aliphatic rings. The SMILES string of the molecule is COc1ccc(Cl)cc1S(=O)(=O)NCC1CCN(C(=O)N(C)C)CC1. The molecular formula is C16H24ClN3O4S. The molecule has 0 atom stereocenters.